The largest absolute Gasteiger partial charge is 0.488 e. The Labute approximate surface area is 135 Å². The summed E-state index contributed by atoms with van der Waals surface area (Å²) in [6.07, 6.45) is 3.48. The molecule has 122 valence electrons. The molecule has 2 aliphatic heterocycles. The number of carbonyl (C=O) groups excluding carboxylic acids is 2. The SMILES string of the molecule is CCOC(=O)[C@@H]1CCCN(C(=O)C2=Cc3ccccc3OC2)C1. The summed E-state index contributed by atoms with van der Waals surface area (Å²) in [5.74, 6) is 0.329. The maximum absolute atomic E-state index is 12.7. The number of carbonyl (C=O) groups is 2. The molecule has 23 heavy (non-hydrogen) atoms. The van der Waals surface area contributed by atoms with Gasteiger partial charge in [-0.2, -0.15) is 0 Å². The van der Waals surface area contributed by atoms with Crippen molar-refractivity contribution < 1.29 is 19.1 Å². The minimum atomic E-state index is -0.218. The normalized spacial score (nSPS) is 20.1. The van der Waals surface area contributed by atoms with Crippen LogP contribution in [0.5, 0.6) is 5.75 Å². The fraction of sp³-hybridized carbons (Fsp3) is 0.444. The number of ether oxygens (including phenoxy) is 2. The molecule has 1 fully saturated rings. The van der Waals surface area contributed by atoms with Crippen LogP contribution in [0.4, 0.5) is 0 Å². The monoisotopic (exact) mass is 315 g/mol. The van der Waals surface area contributed by atoms with Crippen molar-refractivity contribution in [3.8, 4) is 5.75 Å². The van der Waals surface area contributed by atoms with Gasteiger partial charge in [0.2, 0.25) is 0 Å². The Morgan fingerprint density at radius 2 is 2.17 bits per heavy atom. The fourth-order valence-corrected chi connectivity index (χ4v) is 3.06. The van der Waals surface area contributed by atoms with E-state index in [0.29, 0.717) is 25.3 Å². The fourth-order valence-electron chi connectivity index (χ4n) is 3.06. The summed E-state index contributed by atoms with van der Waals surface area (Å²) in [6, 6.07) is 7.65. The van der Waals surface area contributed by atoms with Crippen LogP contribution in [0.3, 0.4) is 0 Å². The van der Waals surface area contributed by atoms with Crippen LogP contribution in [0, 0.1) is 5.92 Å². The van der Waals surface area contributed by atoms with Crippen molar-refractivity contribution in [2.75, 3.05) is 26.3 Å². The smallest absolute Gasteiger partial charge is 0.310 e. The molecule has 1 atom stereocenters. The first-order valence-corrected chi connectivity index (χ1v) is 8.07. The zero-order valence-electron chi connectivity index (χ0n) is 13.3. The van der Waals surface area contributed by atoms with Crippen molar-refractivity contribution in [3.63, 3.8) is 0 Å². The molecule has 0 spiro atoms. The Hall–Kier alpha value is -2.30. The van der Waals surface area contributed by atoms with Gasteiger partial charge in [0.1, 0.15) is 12.4 Å². The third kappa shape index (κ3) is 3.38. The average molecular weight is 315 g/mol. The van der Waals surface area contributed by atoms with E-state index < -0.39 is 0 Å². The van der Waals surface area contributed by atoms with Gasteiger partial charge in [-0.3, -0.25) is 9.59 Å². The molecule has 1 aromatic rings. The second kappa shape index (κ2) is 6.86. The van der Waals surface area contributed by atoms with Crippen molar-refractivity contribution in [1.29, 1.82) is 0 Å². The summed E-state index contributed by atoms with van der Waals surface area (Å²) in [4.78, 5) is 26.4. The molecule has 0 aromatic heterocycles. The third-order valence-corrected chi connectivity index (χ3v) is 4.24. The van der Waals surface area contributed by atoms with E-state index in [-0.39, 0.29) is 24.4 Å². The molecule has 0 radical (unpaired) electrons. The zero-order valence-corrected chi connectivity index (χ0v) is 13.3. The molecular weight excluding hydrogens is 294 g/mol. The highest BCUT2D eigenvalue weighted by atomic mass is 16.5. The summed E-state index contributed by atoms with van der Waals surface area (Å²) < 4.78 is 10.7. The number of benzene rings is 1. The Morgan fingerprint density at radius 3 is 3.00 bits per heavy atom. The van der Waals surface area contributed by atoms with E-state index >= 15 is 0 Å². The second-order valence-corrected chi connectivity index (χ2v) is 5.84. The molecule has 0 saturated carbocycles. The highest BCUT2D eigenvalue weighted by Crippen LogP contribution is 2.27. The molecule has 5 nitrogen and oxygen atoms in total. The van der Waals surface area contributed by atoms with Crippen LogP contribution in [0.2, 0.25) is 0 Å². The lowest BCUT2D eigenvalue weighted by atomic mass is 9.97. The lowest BCUT2D eigenvalue weighted by molar-refractivity contribution is -0.150. The molecule has 3 rings (SSSR count). The Morgan fingerprint density at radius 1 is 1.35 bits per heavy atom. The standard InChI is InChI=1S/C18H21NO4/c1-2-22-18(21)14-7-5-9-19(11-14)17(20)15-10-13-6-3-4-8-16(13)23-12-15/h3-4,6,8,10,14H,2,5,7,9,11-12H2,1H3/t14-/m1/s1. The van der Waals surface area contributed by atoms with E-state index in [2.05, 4.69) is 0 Å². The summed E-state index contributed by atoms with van der Waals surface area (Å²) in [6.45, 7) is 3.55. The van der Waals surface area contributed by atoms with Crippen LogP contribution in [0.15, 0.2) is 29.8 Å². The van der Waals surface area contributed by atoms with E-state index in [0.717, 1.165) is 24.2 Å². The number of likely N-dealkylation sites (tertiary alicyclic amines) is 1. The third-order valence-electron chi connectivity index (χ3n) is 4.24. The highest BCUT2D eigenvalue weighted by Gasteiger charge is 2.31. The number of piperidine rings is 1. The van der Waals surface area contributed by atoms with E-state index in [9.17, 15) is 9.59 Å². The van der Waals surface area contributed by atoms with Gasteiger partial charge < -0.3 is 14.4 Å². The molecule has 2 heterocycles. The predicted octanol–water partition coefficient (Wildman–Crippen LogP) is 2.26. The first kappa shape index (κ1) is 15.6. The first-order chi connectivity index (χ1) is 11.2. The summed E-state index contributed by atoms with van der Waals surface area (Å²) >= 11 is 0. The van der Waals surface area contributed by atoms with Gasteiger partial charge in [0, 0.05) is 18.7 Å². The number of para-hydroxylation sites is 1. The van der Waals surface area contributed by atoms with E-state index in [4.69, 9.17) is 9.47 Å². The summed E-state index contributed by atoms with van der Waals surface area (Å²) in [7, 11) is 0. The molecule has 2 aliphatic rings. The van der Waals surface area contributed by atoms with Crippen LogP contribution in [-0.4, -0.2) is 43.1 Å². The van der Waals surface area contributed by atoms with Crippen molar-refractivity contribution in [2.45, 2.75) is 19.8 Å². The summed E-state index contributed by atoms with van der Waals surface area (Å²) in [5.41, 5.74) is 1.55. The van der Waals surface area contributed by atoms with Gasteiger partial charge in [0.25, 0.3) is 5.91 Å². The number of hydrogen-bond donors (Lipinski definition) is 0. The molecular formula is C18H21NO4. The first-order valence-electron chi connectivity index (χ1n) is 8.07. The maximum atomic E-state index is 12.7. The molecule has 1 amide bonds. The molecule has 0 N–H and O–H groups in total. The molecule has 0 aliphatic carbocycles. The number of esters is 1. The number of rotatable bonds is 3. The molecule has 5 heteroatoms. The number of hydrogen-bond acceptors (Lipinski definition) is 4. The van der Waals surface area contributed by atoms with Gasteiger partial charge in [0.05, 0.1) is 18.1 Å². The van der Waals surface area contributed by atoms with Crippen molar-refractivity contribution >= 4 is 18.0 Å². The predicted molar refractivity (Wildman–Crippen MR) is 85.9 cm³/mol. The molecule has 1 aromatic carbocycles. The van der Waals surface area contributed by atoms with Gasteiger partial charge in [-0.05, 0) is 31.9 Å². The van der Waals surface area contributed by atoms with Gasteiger partial charge >= 0.3 is 5.97 Å². The van der Waals surface area contributed by atoms with Crippen molar-refractivity contribution in [3.05, 3.63) is 35.4 Å². The van der Waals surface area contributed by atoms with Crippen LogP contribution in [0.1, 0.15) is 25.3 Å². The maximum Gasteiger partial charge on any atom is 0.310 e. The number of nitrogens with zero attached hydrogens (tertiary/aromatic N) is 1. The number of amides is 1. The van der Waals surface area contributed by atoms with E-state index in [1.807, 2.05) is 30.3 Å². The lowest BCUT2D eigenvalue weighted by Crippen LogP contribution is -2.44. The molecule has 1 saturated heterocycles. The Bertz CT molecular complexity index is 638. The Balaban J connectivity index is 1.71. The Kier molecular flexibility index (Phi) is 4.65. The second-order valence-electron chi connectivity index (χ2n) is 5.84. The summed E-state index contributed by atoms with van der Waals surface area (Å²) in [5, 5.41) is 0. The van der Waals surface area contributed by atoms with Gasteiger partial charge in [-0.15, -0.1) is 0 Å². The van der Waals surface area contributed by atoms with Crippen LogP contribution < -0.4 is 4.74 Å². The van der Waals surface area contributed by atoms with Crippen LogP contribution >= 0.6 is 0 Å². The highest BCUT2D eigenvalue weighted by molar-refractivity contribution is 5.99. The van der Waals surface area contributed by atoms with E-state index in [1.165, 1.54) is 0 Å². The topological polar surface area (TPSA) is 55.8 Å². The van der Waals surface area contributed by atoms with Crippen molar-refractivity contribution in [2.24, 2.45) is 5.92 Å². The average Bonchev–Trinajstić information content (AvgIpc) is 2.61. The lowest BCUT2D eigenvalue weighted by Gasteiger charge is -2.32. The zero-order chi connectivity index (χ0) is 16.2. The molecule has 0 unspecified atom stereocenters. The minimum Gasteiger partial charge on any atom is -0.488 e. The van der Waals surface area contributed by atoms with Crippen LogP contribution in [0.25, 0.3) is 6.08 Å². The number of fused-ring (bicyclic) bond motifs is 1. The van der Waals surface area contributed by atoms with Gasteiger partial charge in [-0.1, -0.05) is 18.2 Å². The quantitative estimate of drug-likeness (QED) is 0.803. The van der Waals surface area contributed by atoms with Gasteiger partial charge in [0.15, 0.2) is 0 Å². The van der Waals surface area contributed by atoms with Crippen molar-refractivity contribution in [1.82, 2.24) is 4.90 Å². The van der Waals surface area contributed by atoms with Crippen LogP contribution in [-0.2, 0) is 14.3 Å². The minimum absolute atomic E-state index is 0.0477. The molecule has 0 bridgehead atoms. The van der Waals surface area contributed by atoms with Gasteiger partial charge in [-0.25, -0.2) is 0 Å². The van der Waals surface area contributed by atoms with E-state index in [1.54, 1.807) is 11.8 Å².